The predicted octanol–water partition coefficient (Wildman–Crippen LogP) is 2.92. The fourth-order valence-electron chi connectivity index (χ4n) is 1.65. The highest BCUT2D eigenvalue weighted by Gasteiger charge is 2.13. The topological polar surface area (TPSA) is 15.3 Å². The van der Waals surface area contributed by atoms with E-state index in [0.29, 0.717) is 18.7 Å². The molecule has 0 atom stereocenters. The van der Waals surface area contributed by atoms with Crippen LogP contribution in [0.1, 0.15) is 25.8 Å². The van der Waals surface area contributed by atoms with Crippen molar-refractivity contribution in [2.45, 2.75) is 26.8 Å². The van der Waals surface area contributed by atoms with Crippen LogP contribution in [0.5, 0.6) is 0 Å². The van der Waals surface area contributed by atoms with Crippen molar-refractivity contribution >= 4 is 5.69 Å². The Morgan fingerprint density at radius 2 is 1.76 bits per heavy atom. The van der Waals surface area contributed by atoms with E-state index in [-0.39, 0.29) is 5.69 Å². The van der Waals surface area contributed by atoms with Crippen molar-refractivity contribution in [1.29, 1.82) is 0 Å². The molecule has 0 saturated carbocycles. The van der Waals surface area contributed by atoms with Gasteiger partial charge in [-0.1, -0.05) is 6.92 Å². The molecule has 1 aromatic rings. The molecule has 1 aromatic carbocycles. The lowest BCUT2D eigenvalue weighted by Crippen LogP contribution is -2.20. The van der Waals surface area contributed by atoms with Gasteiger partial charge in [0.05, 0.1) is 0 Å². The molecule has 1 N–H and O–H groups in total. The van der Waals surface area contributed by atoms with Crippen LogP contribution in [0.2, 0.25) is 0 Å². The van der Waals surface area contributed by atoms with Gasteiger partial charge in [-0.25, -0.2) is 8.78 Å². The zero-order chi connectivity index (χ0) is 12.8. The summed E-state index contributed by atoms with van der Waals surface area (Å²) < 4.78 is 27.5. The molecule has 96 valence electrons. The zero-order valence-electron chi connectivity index (χ0n) is 10.7. The molecular weight excluding hydrogens is 222 g/mol. The monoisotopic (exact) mass is 242 g/mol. The lowest BCUT2D eigenvalue weighted by Gasteiger charge is -2.19. The lowest BCUT2D eigenvalue weighted by molar-refractivity contribution is 0.570. The molecule has 2 nitrogen and oxygen atoms in total. The predicted molar refractivity (Wildman–Crippen MR) is 67.3 cm³/mol. The van der Waals surface area contributed by atoms with Crippen molar-refractivity contribution in [3.8, 4) is 0 Å². The highest BCUT2D eigenvalue weighted by molar-refractivity contribution is 5.49. The van der Waals surface area contributed by atoms with Crippen molar-refractivity contribution in [2.24, 2.45) is 0 Å². The summed E-state index contributed by atoms with van der Waals surface area (Å²) in [5.74, 6) is -0.995. The molecule has 0 fully saturated rings. The summed E-state index contributed by atoms with van der Waals surface area (Å²) in [5, 5.41) is 3.12. The van der Waals surface area contributed by atoms with Crippen LogP contribution in [-0.2, 0) is 6.54 Å². The standard InChI is InChI=1S/C13H20F2N2/c1-4-6-16-9-10-7-11(14)13(12(15)8-10)17(3)5-2/h7-8,16H,4-6,9H2,1-3H3. The average Bonchev–Trinajstić information content (AvgIpc) is 2.28. The molecule has 0 spiro atoms. The van der Waals surface area contributed by atoms with Gasteiger partial charge in [-0.05, 0) is 37.6 Å². The summed E-state index contributed by atoms with van der Waals surface area (Å²) in [5.41, 5.74) is 0.688. The SMILES string of the molecule is CCCNCc1cc(F)c(N(C)CC)c(F)c1. The summed E-state index contributed by atoms with van der Waals surface area (Å²) in [4.78, 5) is 1.56. The van der Waals surface area contributed by atoms with Crippen molar-refractivity contribution in [1.82, 2.24) is 5.32 Å². The van der Waals surface area contributed by atoms with Crippen LogP contribution in [0.15, 0.2) is 12.1 Å². The van der Waals surface area contributed by atoms with Crippen molar-refractivity contribution in [3.63, 3.8) is 0 Å². The first-order valence-electron chi connectivity index (χ1n) is 5.99. The minimum atomic E-state index is -0.498. The third kappa shape index (κ3) is 3.66. The van der Waals surface area contributed by atoms with Crippen LogP contribution in [0, 0.1) is 11.6 Å². The first-order chi connectivity index (χ1) is 8.10. The van der Waals surface area contributed by atoms with Gasteiger partial charge in [-0.15, -0.1) is 0 Å². The van der Waals surface area contributed by atoms with E-state index in [1.54, 1.807) is 11.9 Å². The molecule has 1 rings (SSSR count). The first kappa shape index (κ1) is 13.9. The average molecular weight is 242 g/mol. The Kier molecular flexibility index (Phi) is 5.35. The number of rotatable bonds is 6. The Labute approximate surface area is 102 Å². The van der Waals surface area contributed by atoms with Gasteiger partial charge in [0, 0.05) is 20.1 Å². The Bertz CT molecular complexity index is 343. The second-order valence-corrected chi connectivity index (χ2v) is 4.10. The third-order valence-corrected chi connectivity index (χ3v) is 2.69. The van der Waals surface area contributed by atoms with Gasteiger partial charge in [0.15, 0.2) is 0 Å². The molecule has 17 heavy (non-hydrogen) atoms. The second kappa shape index (κ2) is 6.55. The molecule has 0 radical (unpaired) electrons. The van der Waals surface area contributed by atoms with Crippen LogP contribution in [0.25, 0.3) is 0 Å². The largest absolute Gasteiger partial charge is 0.370 e. The lowest BCUT2D eigenvalue weighted by atomic mass is 10.1. The second-order valence-electron chi connectivity index (χ2n) is 4.10. The van der Waals surface area contributed by atoms with E-state index in [0.717, 1.165) is 13.0 Å². The Hall–Kier alpha value is -1.16. The fraction of sp³-hybridized carbons (Fsp3) is 0.538. The molecule has 0 unspecified atom stereocenters. The van der Waals surface area contributed by atoms with Gasteiger partial charge in [0.1, 0.15) is 17.3 Å². The van der Waals surface area contributed by atoms with E-state index in [9.17, 15) is 8.78 Å². The molecule has 0 bridgehead atoms. The minimum Gasteiger partial charge on any atom is -0.370 e. The van der Waals surface area contributed by atoms with Gasteiger partial charge >= 0.3 is 0 Å². The van der Waals surface area contributed by atoms with Crippen LogP contribution in [0.3, 0.4) is 0 Å². The fourth-order valence-corrected chi connectivity index (χ4v) is 1.65. The maximum atomic E-state index is 13.7. The zero-order valence-corrected chi connectivity index (χ0v) is 10.7. The van der Waals surface area contributed by atoms with Crippen molar-refractivity contribution in [2.75, 3.05) is 25.0 Å². The maximum absolute atomic E-state index is 13.7. The number of nitrogens with one attached hydrogen (secondary N) is 1. The third-order valence-electron chi connectivity index (χ3n) is 2.69. The summed E-state index contributed by atoms with van der Waals surface area (Å²) in [6, 6.07) is 2.79. The number of hydrogen-bond acceptors (Lipinski definition) is 2. The smallest absolute Gasteiger partial charge is 0.149 e. The number of hydrogen-bond donors (Lipinski definition) is 1. The summed E-state index contributed by atoms with van der Waals surface area (Å²) in [6.45, 7) is 5.82. The van der Waals surface area contributed by atoms with Gasteiger partial charge in [-0.3, -0.25) is 0 Å². The van der Waals surface area contributed by atoms with E-state index in [1.807, 2.05) is 13.8 Å². The van der Waals surface area contributed by atoms with Crippen LogP contribution < -0.4 is 10.2 Å². The van der Waals surface area contributed by atoms with Crippen LogP contribution >= 0.6 is 0 Å². The summed E-state index contributed by atoms with van der Waals surface area (Å²) in [7, 11) is 1.68. The van der Waals surface area contributed by atoms with E-state index in [1.165, 1.54) is 12.1 Å². The molecule has 0 saturated heterocycles. The van der Waals surface area contributed by atoms with Crippen LogP contribution in [0.4, 0.5) is 14.5 Å². The van der Waals surface area contributed by atoms with E-state index >= 15 is 0 Å². The normalized spacial score (nSPS) is 10.6. The van der Waals surface area contributed by atoms with Gasteiger partial charge in [0.2, 0.25) is 0 Å². The molecule has 0 aliphatic heterocycles. The molecule has 4 heteroatoms. The Morgan fingerprint density at radius 1 is 1.18 bits per heavy atom. The number of nitrogens with zero attached hydrogens (tertiary/aromatic N) is 1. The quantitative estimate of drug-likeness (QED) is 0.772. The van der Waals surface area contributed by atoms with Crippen LogP contribution in [-0.4, -0.2) is 20.1 Å². The van der Waals surface area contributed by atoms with Gasteiger partial charge in [-0.2, -0.15) is 0 Å². The molecule has 0 aromatic heterocycles. The molecule has 0 amide bonds. The Morgan fingerprint density at radius 3 is 2.24 bits per heavy atom. The number of anilines is 1. The van der Waals surface area contributed by atoms with E-state index in [2.05, 4.69) is 5.32 Å². The van der Waals surface area contributed by atoms with E-state index < -0.39 is 11.6 Å². The van der Waals surface area contributed by atoms with Gasteiger partial charge in [0.25, 0.3) is 0 Å². The highest BCUT2D eigenvalue weighted by Crippen LogP contribution is 2.23. The number of benzene rings is 1. The first-order valence-corrected chi connectivity index (χ1v) is 5.99. The molecule has 0 heterocycles. The summed E-state index contributed by atoms with van der Waals surface area (Å²) >= 11 is 0. The molecule has 0 aliphatic rings. The van der Waals surface area contributed by atoms with E-state index in [4.69, 9.17) is 0 Å². The minimum absolute atomic E-state index is 0.0479. The Balaban J connectivity index is 2.85. The maximum Gasteiger partial charge on any atom is 0.149 e. The summed E-state index contributed by atoms with van der Waals surface area (Å²) in [6.07, 6.45) is 1.00. The van der Waals surface area contributed by atoms with Crippen molar-refractivity contribution < 1.29 is 8.78 Å². The highest BCUT2D eigenvalue weighted by atomic mass is 19.1. The molecule has 0 aliphatic carbocycles. The number of halogens is 2. The molecular formula is C13H20F2N2. The van der Waals surface area contributed by atoms with Gasteiger partial charge < -0.3 is 10.2 Å². The van der Waals surface area contributed by atoms with Crippen molar-refractivity contribution in [3.05, 3.63) is 29.3 Å².